The second-order valence-electron chi connectivity index (χ2n) is 18.8. The van der Waals surface area contributed by atoms with Gasteiger partial charge in [-0.25, -0.2) is 0 Å². The third kappa shape index (κ3) is 9.17. The lowest BCUT2D eigenvalue weighted by Gasteiger charge is -2.28. The first-order valence-electron chi connectivity index (χ1n) is 24.7. The minimum absolute atomic E-state index is 0.593. The molecule has 0 aromatic heterocycles. The molecule has 0 amide bonds. The van der Waals surface area contributed by atoms with Crippen LogP contribution in [0.4, 0.5) is 13.2 Å². The summed E-state index contributed by atoms with van der Waals surface area (Å²) in [5.41, 5.74) is 16.0. The smallest absolute Gasteiger partial charge is 0.416 e. The van der Waals surface area contributed by atoms with Crippen LogP contribution in [0.5, 0.6) is 17.2 Å². The molecule has 11 rings (SSSR count). The van der Waals surface area contributed by atoms with Gasteiger partial charge in [0.15, 0.2) is 0 Å². The van der Waals surface area contributed by atoms with Gasteiger partial charge in [0.1, 0.15) is 17.2 Å². The summed E-state index contributed by atoms with van der Waals surface area (Å²) >= 11 is 6.74. The third-order valence-electron chi connectivity index (χ3n) is 14.2. The molecule has 75 heavy (non-hydrogen) atoms. The van der Waals surface area contributed by atoms with Gasteiger partial charge in [-0.3, -0.25) is 0 Å². The molecule has 0 aliphatic carbocycles. The van der Waals surface area contributed by atoms with Crippen LogP contribution in [0, 0.1) is 13.8 Å². The summed E-state index contributed by atoms with van der Waals surface area (Å²) in [6.07, 6.45) is -4.54. The first-order valence-corrected chi connectivity index (χ1v) is 25.0. The average molecular weight is 1010 g/mol. The molecule has 0 spiro atoms. The summed E-state index contributed by atoms with van der Waals surface area (Å²) in [6.45, 7) is 4.19. The van der Waals surface area contributed by atoms with Gasteiger partial charge in [0, 0.05) is 11.1 Å². The number of methoxy groups -OCH3 is 3. The number of hydrogen-bond acceptors (Lipinski definition) is 3. The Hall–Kier alpha value is -8.58. The van der Waals surface area contributed by atoms with E-state index in [4.69, 9.17) is 25.8 Å². The molecule has 0 radical (unpaired) electrons. The van der Waals surface area contributed by atoms with Gasteiger partial charge in [0.05, 0.1) is 26.9 Å². The molecule has 0 fully saturated rings. The van der Waals surface area contributed by atoms with E-state index in [0.717, 1.165) is 116 Å². The highest BCUT2D eigenvalue weighted by atomic mass is 35.5. The molecule has 0 saturated heterocycles. The van der Waals surface area contributed by atoms with Crippen molar-refractivity contribution in [2.75, 3.05) is 21.3 Å². The van der Waals surface area contributed by atoms with Crippen molar-refractivity contribution < 1.29 is 27.4 Å². The van der Waals surface area contributed by atoms with Crippen molar-refractivity contribution >= 4 is 33.1 Å². The molecule has 0 unspecified atom stereocenters. The Morgan fingerprint density at radius 2 is 0.680 bits per heavy atom. The second kappa shape index (κ2) is 20.0. The van der Waals surface area contributed by atoms with Gasteiger partial charge in [0.25, 0.3) is 0 Å². The number of rotatable bonds is 11. The maximum absolute atomic E-state index is 14.5. The summed E-state index contributed by atoms with van der Waals surface area (Å²) in [5.74, 6) is 1.96. The van der Waals surface area contributed by atoms with Crippen LogP contribution < -0.4 is 14.2 Å². The monoisotopic (exact) mass is 1010 g/mol. The zero-order valence-electron chi connectivity index (χ0n) is 41.9. The Kier molecular flexibility index (Phi) is 13.0. The fraction of sp³-hybridized carbons (Fsp3) is 0.0882. The van der Waals surface area contributed by atoms with Crippen molar-refractivity contribution in [3.8, 4) is 106 Å². The summed E-state index contributed by atoms with van der Waals surface area (Å²) < 4.78 is 61.3. The zero-order valence-corrected chi connectivity index (χ0v) is 42.7. The number of ether oxygens (including phenoxy) is 3. The van der Waals surface area contributed by atoms with Crippen LogP contribution in [0.25, 0.3) is 111 Å². The van der Waals surface area contributed by atoms with Gasteiger partial charge in [-0.15, -0.1) is 0 Å². The van der Waals surface area contributed by atoms with Crippen molar-refractivity contribution in [3.05, 3.63) is 234 Å². The minimum Gasteiger partial charge on any atom is -0.497 e. The van der Waals surface area contributed by atoms with Gasteiger partial charge >= 0.3 is 6.18 Å². The van der Waals surface area contributed by atoms with Crippen LogP contribution in [-0.2, 0) is 6.18 Å². The van der Waals surface area contributed by atoms with Gasteiger partial charge in [-0.1, -0.05) is 168 Å². The topological polar surface area (TPSA) is 27.7 Å². The van der Waals surface area contributed by atoms with Crippen molar-refractivity contribution in [1.82, 2.24) is 0 Å². The largest absolute Gasteiger partial charge is 0.497 e. The molecular formula is C68H50ClF3O3. The fourth-order valence-corrected chi connectivity index (χ4v) is 10.8. The normalized spacial score (nSPS) is 11.5. The van der Waals surface area contributed by atoms with Crippen LogP contribution in [0.15, 0.2) is 212 Å². The van der Waals surface area contributed by atoms with E-state index in [1.807, 2.05) is 66.7 Å². The molecule has 0 aliphatic rings. The standard InChI is InChI=1S/C68H50ClF3O3/c1-41-19-21-47(22-20-41)66-62(46-25-31-52(69)32-26-46)58-39-57-56(40-59(58)63(49-18-12-13-42(2)35-49)67(66)50-36-54(74-4)38-55(37-50)75-5)60(43-14-8-6-9-15-43)65(48-27-33-53(73-3)34-28-48)64(44-16-10-7-11-17-44)61(57)45-23-29-51(30-24-45)68(70,71)72/h6-40H,1-5H3. The molecule has 0 bridgehead atoms. The second-order valence-corrected chi connectivity index (χ2v) is 19.3. The predicted octanol–water partition coefficient (Wildman–Crippen LogP) is 19.6. The highest BCUT2D eigenvalue weighted by Crippen LogP contribution is 2.57. The number of hydrogen-bond donors (Lipinski definition) is 0. The summed E-state index contributed by atoms with van der Waals surface area (Å²) in [7, 11) is 4.97. The summed E-state index contributed by atoms with van der Waals surface area (Å²) in [6, 6.07) is 70.0. The van der Waals surface area contributed by atoms with Crippen molar-refractivity contribution in [3.63, 3.8) is 0 Å². The van der Waals surface area contributed by atoms with Crippen LogP contribution >= 0.6 is 11.6 Å². The lowest BCUT2D eigenvalue weighted by Crippen LogP contribution is -2.04. The molecule has 0 atom stereocenters. The summed E-state index contributed by atoms with van der Waals surface area (Å²) in [4.78, 5) is 0. The first kappa shape index (κ1) is 48.7. The molecule has 7 heteroatoms. The lowest BCUT2D eigenvalue weighted by molar-refractivity contribution is -0.137. The van der Waals surface area contributed by atoms with Crippen molar-refractivity contribution in [1.29, 1.82) is 0 Å². The van der Waals surface area contributed by atoms with E-state index in [1.54, 1.807) is 33.5 Å². The van der Waals surface area contributed by atoms with Crippen LogP contribution in [0.1, 0.15) is 16.7 Å². The molecule has 11 aromatic rings. The SMILES string of the molecule is COc1ccc(-c2c(-c3ccccc3)c(-c3ccc(C(F)(F)F)cc3)c3cc4c(-c5ccc(Cl)cc5)c(-c5ccc(C)cc5)c(-c5cc(OC)cc(OC)c5)c(-c5cccc(C)c5)c4cc3c2-c2ccccc2)cc1. The first-order chi connectivity index (χ1) is 36.4. The molecule has 3 nitrogen and oxygen atoms in total. The Morgan fingerprint density at radius 1 is 0.307 bits per heavy atom. The molecule has 368 valence electrons. The van der Waals surface area contributed by atoms with E-state index in [1.165, 1.54) is 12.1 Å². The minimum atomic E-state index is -4.54. The summed E-state index contributed by atoms with van der Waals surface area (Å²) in [5, 5.41) is 4.24. The predicted molar refractivity (Wildman–Crippen MR) is 304 cm³/mol. The van der Waals surface area contributed by atoms with E-state index in [-0.39, 0.29) is 0 Å². The van der Waals surface area contributed by atoms with Crippen molar-refractivity contribution in [2.45, 2.75) is 20.0 Å². The van der Waals surface area contributed by atoms with E-state index >= 15 is 0 Å². The number of halogens is 4. The molecule has 11 aromatic carbocycles. The van der Waals surface area contributed by atoms with E-state index < -0.39 is 11.7 Å². The number of alkyl halides is 3. The third-order valence-corrected chi connectivity index (χ3v) is 14.4. The lowest BCUT2D eigenvalue weighted by atomic mass is 9.75. The maximum Gasteiger partial charge on any atom is 0.416 e. The van der Waals surface area contributed by atoms with Crippen molar-refractivity contribution in [2.24, 2.45) is 0 Å². The maximum atomic E-state index is 14.5. The zero-order chi connectivity index (χ0) is 52.0. The van der Waals surface area contributed by atoms with E-state index in [2.05, 4.69) is 135 Å². The van der Waals surface area contributed by atoms with Gasteiger partial charge in [-0.2, -0.15) is 13.2 Å². The molecule has 0 saturated carbocycles. The van der Waals surface area contributed by atoms with E-state index in [9.17, 15) is 13.2 Å². The van der Waals surface area contributed by atoms with Crippen LogP contribution in [-0.4, -0.2) is 21.3 Å². The van der Waals surface area contributed by atoms with E-state index in [0.29, 0.717) is 27.8 Å². The highest BCUT2D eigenvalue weighted by molar-refractivity contribution is 6.31. The Morgan fingerprint density at radius 3 is 1.13 bits per heavy atom. The number of benzene rings is 11. The average Bonchev–Trinajstić information content (AvgIpc) is 3.48. The molecule has 0 heterocycles. The Labute approximate surface area is 440 Å². The van der Waals surface area contributed by atoms with Gasteiger partial charge in [0.2, 0.25) is 0 Å². The number of aryl methyl sites for hydroxylation is 2. The van der Waals surface area contributed by atoms with Crippen LogP contribution in [0.2, 0.25) is 5.02 Å². The molecular weight excluding hydrogens is 957 g/mol. The molecule has 0 aliphatic heterocycles. The van der Waals surface area contributed by atoms with Crippen LogP contribution in [0.3, 0.4) is 0 Å². The Bertz CT molecular complexity index is 3890. The Balaban J connectivity index is 1.47. The quantitative estimate of drug-likeness (QED) is 0.121. The fourth-order valence-electron chi connectivity index (χ4n) is 10.7. The molecule has 0 N–H and O–H groups in total. The highest BCUT2D eigenvalue weighted by Gasteiger charge is 2.32. The van der Waals surface area contributed by atoms with Gasteiger partial charge < -0.3 is 14.2 Å². The number of fused-ring (bicyclic) bond motifs is 2. The van der Waals surface area contributed by atoms with Gasteiger partial charge in [-0.05, 0) is 185 Å².